The summed E-state index contributed by atoms with van der Waals surface area (Å²) >= 11 is 32.6. The molecule has 13 N–H and O–H groups in total. The number of aromatic nitrogens is 20. The lowest BCUT2D eigenvalue weighted by Gasteiger charge is -2.37. The monoisotopic (exact) mass is 2060 g/mol. The van der Waals surface area contributed by atoms with E-state index in [4.69, 9.17) is 182 Å². The molecule has 17 rings (SSSR count). The lowest BCUT2D eigenvalue weighted by molar-refractivity contribution is -0.226. The van der Waals surface area contributed by atoms with Crippen LogP contribution in [0.15, 0.2) is 79.1 Å². The number of H-pyrrole nitrogens is 4. The molecule has 0 aromatic carbocycles. The third kappa shape index (κ3) is 20.1. The van der Waals surface area contributed by atoms with E-state index >= 15 is 0 Å². The predicted molar refractivity (Wildman–Crippen MR) is 456 cm³/mol. The summed E-state index contributed by atoms with van der Waals surface area (Å²) in [6.45, 7) is -29.3. The van der Waals surface area contributed by atoms with Gasteiger partial charge in [-0.25, -0.2) is 49.5 Å². The molecule has 7 unspecified atom stereocenters. The summed E-state index contributed by atoms with van der Waals surface area (Å²) in [6.07, 6.45) is -17.7. The van der Waals surface area contributed by atoms with Crippen LogP contribution in [0.3, 0.4) is 0 Å². The third-order valence-electron chi connectivity index (χ3n) is 22.2. The van der Waals surface area contributed by atoms with Crippen LogP contribution in [-0.4, -0.2) is 234 Å². The summed E-state index contributed by atoms with van der Waals surface area (Å²) in [5.41, 5.74) is 17.8. The topological polar surface area (TPSA) is 756 Å². The van der Waals surface area contributed by atoms with Gasteiger partial charge in [0.05, 0.1) is 102 Å². The lowest BCUT2D eigenvalue weighted by Crippen LogP contribution is -2.50. The average Bonchev–Trinajstić information content (AvgIpc) is 1.54. The Balaban J connectivity index is 0.596. The molecule has 68 heteroatoms. The molecule has 0 amide bonds. The first kappa shape index (κ1) is 95.9. The van der Waals surface area contributed by atoms with Crippen LogP contribution in [-0.2, 0) is 163 Å². The van der Waals surface area contributed by atoms with Gasteiger partial charge in [-0.05, 0) is 20.8 Å². The summed E-state index contributed by atoms with van der Waals surface area (Å²) in [4.78, 5) is 200. The van der Waals surface area contributed by atoms with Crippen LogP contribution in [0.5, 0.6) is 0 Å². The van der Waals surface area contributed by atoms with Crippen molar-refractivity contribution in [2.24, 2.45) is 0 Å². The molecule has 26 atom stereocenters. The maximum atomic E-state index is 15.0. The molecular formula is C63H74N24O32P6S6-6. The van der Waals surface area contributed by atoms with E-state index in [2.05, 4.69) is 69.8 Å². The lowest BCUT2D eigenvalue weighted by atomic mass is 9.94. The highest BCUT2D eigenvalue weighted by Crippen LogP contribution is 2.59. The van der Waals surface area contributed by atoms with E-state index in [-0.39, 0.29) is 105 Å². The fourth-order valence-electron chi connectivity index (χ4n) is 15.9. The van der Waals surface area contributed by atoms with Crippen molar-refractivity contribution >= 4 is 180 Å². The number of nitrogens with two attached hydrogens (primary N) is 4. The maximum absolute atomic E-state index is 15.0. The molecular weight excluding hydrogens is 1980 g/mol. The number of anilines is 4. The van der Waals surface area contributed by atoms with Gasteiger partial charge in [-0.15, -0.1) is 0 Å². The first-order chi connectivity index (χ1) is 61.9. The standard InChI is InChI=1S/C63H80N24O32P6S6/c1-24-10-82(61(93)80-54(24)89)37-5-27(114-120(95,126)101-4)32(108-37)12-102-122(97,128)117-30-8-40(85-21-74-44-52(85)76-59(66)78-56(44)91)111-34(30)14-104-121(96,127)115-28-6-38(83-11-25(2)55(90)81-62(83)94)109-33(28)13-103-123(98,129)118-31-9-41(86-22-75-45-53(86)77-60(67)79-57(45)92)112-35(31)15-105-124(99,130)116-29-7-39(84-20-72-42-48(64)68-18-70-50(42)84)110-36(29)16-106-125(100,131)119-47-46-58(113-63(47,17-88)26(3)107-46)87-23-73-43-49(65)69-19-71-51(43)87/h10-11,18-23,26-41,46-47,58,88H,5-9,12-17H2,1-4H3,(H,95,126)(H,96,127)(H,97,128)(H,98,129)(H,99,130)(H,100,131)(H2,64,68,70)(H2,65,69,71)(H,80,89,93)(H,81,90,94)(H3,66,76,78,91)(H3,67,77,79,92)/p-6/t26-,27+,28+,29+,30+,31+,32+,33+,34+,35+,36+,37+,38+,39+,40+,41+,46?,47+,58+,63-,120?,121?,122?,123?,124?,125?/m0/s1. The Bertz CT molecular complexity index is 6790. The summed E-state index contributed by atoms with van der Waals surface area (Å²) in [5.74, 6) is -0.611. The van der Waals surface area contributed by atoms with Gasteiger partial charge in [-0.1, -0.05) is 59.0 Å². The molecule has 0 saturated carbocycles. The van der Waals surface area contributed by atoms with Gasteiger partial charge in [0.1, 0.15) is 137 Å². The Morgan fingerprint density at radius 2 is 0.809 bits per heavy atom. The second-order valence-corrected chi connectivity index (χ2v) is 46.8. The maximum Gasteiger partial charge on any atom is 0.330 e. The Morgan fingerprint density at radius 1 is 0.466 bits per heavy atom. The first-order valence-corrected chi connectivity index (χ1v) is 54.2. The van der Waals surface area contributed by atoms with Crippen molar-refractivity contribution in [2.45, 2.75) is 175 Å². The van der Waals surface area contributed by atoms with Crippen LogP contribution in [0.4, 0.5) is 23.5 Å². The van der Waals surface area contributed by atoms with Gasteiger partial charge in [0, 0.05) is 62.7 Å². The number of aryl methyl sites for hydroxylation is 2. The fourth-order valence-corrected chi connectivity index (χ4v) is 24.1. The van der Waals surface area contributed by atoms with E-state index in [9.17, 15) is 62.9 Å². The van der Waals surface area contributed by atoms with Gasteiger partial charge in [-0.2, -0.15) is 9.97 Å². The van der Waals surface area contributed by atoms with Gasteiger partial charge in [0.25, 0.3) is 22.2 Å². The zero-order chi connectivity index (χ0) is 93.3. The largest absolute Gasteiger partial charge is 0.780 e. The molecule has 56 nitrogen and oxygen atoms in total. The number of nitrogens with one attached hydrogen (secondary N) is 4. The van der Waals surface area contributed by atoms with E-state index in [1.807, 2.05) is 0 Å². The van der Waals surface area contributed by atoms with Crippen molar-refractivity contribution in [1.82, 2.24) is 97.2 Å². The van der Waals surface area contributed by atoms with Crippen LogP contribution in [0.25, 0.3) is 44.7 Å². The highest BCUT2D eigenvalue weighted by molar-refractivity contribution is 8.32. The Morgan fingerprint density at radius 3 is 1.21 bits per heavy atom. The van der Waals surface area contributed by atoms with Crippen molar-refractivity contribution in [3.63, 3.8) is 0 Å². The number of aromatic amines is 4. The van der Waals surface area contributed by atoms with Crippen molar-refractivity contribution < 1.29 is 122 Å². The second-order valence-electron chi connectivity index (χ2n) is 30.5. The Labute approximate surface area is 762 Å². The molecule has 7 fully saturated rings. The third-order valence-corrected chi connectivity index (χ3v) is 31.6. The van der Waals surface area contributed by atoms with Crippen LogP contribution < -0.4 is 81.0 Å². The van der Waals surface area contributed by atoms with E-state index in [1.54, 1.807) is 6.92 Å². The second kappa shape index (κ2) is 37.3. The summed E-state index contributed by atoms with van der Waals surface area (Å²) in [7, 11) is 1.02. The van der Waals surface area contributed by atoms with Crippen molar-refractivity contribution in [3.05, 3.63) is 124 Å². The summed E-state index contributed by atoms with van der Waals surface area (Å²) in [6, 6.07) is 0. The van der Waals surface area contributed by atoms with E-state index in [0.29, 0.717) is 0 Å². The molecule has 0 radical (unpaired) electrons. The molecule has 7 saturated heterocycles. The molecule has 131 heavy (non-hydrogen) atoms. The molecule has 17 heterocycles. The van der Waals surface area contributed by atoms with E-state index in [1.165, 1.54) is 63.6 Å². The zero-order valence-electron chi connectivity index (χ0n) is 67.6. The smallest absolute Gasteiger partial charge is 0.330 e. The molecule has 7 aliphatic heterocycles. The minimum atomic E-state index is -5.03. The molecule has 10 aromatic heterocycles. The number of ether oxygens (including phenoxy) is 7. The Hall–Kier alpha value is -6.81. The number of nitrogens with zero attached hydrogens (tertiary/aromatic N) is 16. The van der Waals surface area contributed by atoms with Gasteiger partial charge in [0.2, 0.25) is 11.9 Å². The first-order valence-electron chi connectivity index (χ1n) is 38.8. The number of fused-ring (bicyclic) bond motifs is 6. The highest BCUT2D eigenvalue weighted by atomic mass is 32.7. The van der Waals surface area contributed by atoms with Gasteiger partial charge < -0.3 is 152 Å². The normalized spacial score (nSPS) is 30.8. The van der Waals surface area contributed by atoms with Crippen LogP contribution in [0.2, 0.25) is 0 Å². The molecule has 0 aliphatic carbocycles. The van der Waals surface area contributed by atoms with Crippen LogP contribution in [0, 0.1) is 13.8 Å². The molecule has 2 bridgehead atoms. The minimum Gasteiger partial charge on any atom is -0.780 e. The van der Waals surface area contributed by atoms with Gasteiger partial charge in [-0.3, -0.25) is 71.1 Å². The Kier molecular flexibility index (Phi) is 27.3. The SMILES string of the molecule is COP([O-])(=S)O[C@@H]1C[C@H](n2cc(C)c(=O)[nH]c2=O)O[C@@H]1COP([O-])(=S)O[C@@H]1C[C@H](n2cnc3c(=O)[nH]c(N)nc32)O[C@@H]1COP([O-])(=S)O[C@@H]1C[C@H](n2cc(C)c(=O)[nH]c2=O)O[C@@H]1COP([O-])(=S)O[C@@H]1C[C@H](n2cnc3c(=O)[nH]c(N)nc32)O[C@@H]1COP(=O)([S-])O[C@@H]1C[C@H](n2cnc3c(N)ncnc32)O[C@@H]1COP([O-])(=S)O[C@@H]1C2O[C@@H](C)[C@]1(CO)O[C@H]2n1cnc2c(N)ncnc21. The highest BCUT2D eigenvalue weighted by Gasteiger charge is 2.67. The average molecular weight is 2060 g/mol. The quantitative estimate of drug-likeness (QED) is 0.0135. The molecule has 7 aliphatic rings. The molecule has 10 aromatic rings. The number of imidazole rings is 4. The van der Waals surface area contributed by atoms with Crippen molar-refractivity contribution in [1.29, 1.82) is 0 Å². The number of aliphatic hydroxyl groups excluding tert-OH is 1. The zero-order valence-corrected chi connectivity index (χ0v) is 77.8. The van der Waals surface area contributed by atoms with Crippen LogP contribution >= 0.6 is 40.4 Å². The van der Waals surface area contributed by atoms with Gasteiger partial charge in [0.15, 0.2) is 58.3 Å². The fraction of sp³-hybridized carbons (Fsp3) is 0.556. The minimum absolute atomic E-state index is 0.000978. The summed E-state index contributed by atoms with van der Waals surface area (Å²) < 4.78 is 137. The number of nitrogen functional groups attached to an aromatic ring is 4. The number of hydrogen-bond donors (Lipinski definition) is 9. The van der Waals surface area contributed by atoms with E-state index < -0.39 is 242 Å². The van der Waals surface area contributed by atoms with Gasteiger partial charge >= 0.3 is 11.4 Å². The number of rotatable bonds is 35. The summed E-state index contributed by atoms with van der Waals surface area (Å²) in [5, 5.41) is 11.0. The predicted octanol–water partition coefficient (Wildman–Crippen LogP) is -3.92. The molecule has 0 spiro atoms. The van der Waals surface area contributed by atoms with E-state index in [0.717, 1.165) is 35.1 Å². The van der Waals surface area contributed by atoms with Crippen molar-refractivity contribution in [2.75, 3.05) is 69.7 Å². The van der Waals surface area contributed by atoms with Crippen LogP contribution in [0.1, 0.15) is 87.5 Å². The van der Waals surface area contributed by atoms with Crippen molar-refractivity contribution in [3.8, 4) is 0 Å². The number of hydrogen-bond acceptors (Lipinski definition) is 52. The number of aliphatic hydroxyl groups is 1. The molecule has 710 valence electrons.